The summed E-state index contributed by atoms with van der Waals surface area (Å²) in [6.07, 6.45) is 0.933. The molecule has 0 fully saturated rings. The first-order chi connectivity index (χ1) is 12.0. The summed E-state index contributed by atoms with van der Waals surface area (Å²) in [5.74, 6) is 0.405. The molecule has 5 heteroatoms. The predicted octanol–water partition coefficient (Wildman–Crippen LogP) is 2.93. The fraction of sp³-hybridized carbons (Fsp3) is 0.300. The number of aryl methyl sites for hydroxylation is 1. The summed E-state index contributed by atoms with van der Waals surface area (Å²) in [4.78, 5) is 25.6. The number of ether oxygens (including phenoxy) is 1. The summed E-state index contributed by atoms with van der Waals surface area (Å²) in [6, 6.07) is 15.2. The van der Waals surface area contributed by atoms with Gasteiger partial charge in [0, 0.05) is 19.2 Å². The molecule has 2 aromatic rings. The summed E-state index contributed by atoms with van der Waals surface area (Å²) < 4.78 is 5.11. The van der Waals surface area contributed by atoms with Crippen LogP contribution in [-0.4, -0.2) is 25.5 Å². The maximum Gasteiger partial charge on any atom is 0.240 e. The Bertz CT molecular complexity index is 709. The summed E-state index contributed by atoms with van der Waals surface area (Å²) >= 11 is 0. The second kappa shape index (κ2) is 8.87. The summed E-state index contributed by atoms with van der Waals surface area (Å²) in [5.41, 5.74) is 2.89. The van der Waals surface area contributed by atoms with Gasteiger partial charge >= 0.3 is 0 Å². The van der Waals surface area contributed by atoms with Crippen LogP contribution >= 0.6 is 0 Å². The largest absolute Gasteiger partial charge is 0.497 e. The molecule has 0 spiro atoms. The van der Waals surface area contributed by atoms with Crippen LogP contribution in [-0.2, 0) is 22.6 Å². The molecule has 0 aliphatic rings. The van der Waals surface area contributed by atoms with Crippen LogP contribution in [0, 0.1) is 0 Å². The molecular weight excluding hydrogens is 316 g/mol. The van der Waals surface area contributed by atoms with Crippen molar-refractivity contribution < 1.29 is 14.3 Å². The first kappa shape index (κ1) is 18.5. The Morgan fingerprint density at radius 2 is 1.60 bits per heavy atom. The zero-order valence-corrected chi connectivity index (χ0v) is 14.9. The normalized spacial score (nSPS) is 10.2. The van der Waals surface area contributed by atoms with Crippen molar-refractivity contribution >= 4 is 17.5 Å². The molecule has 0 radical (unpaired) electrons. The predicted molar refractivity (Wildman–Crippen MR) is 98.7 cm³/mol. The van der Waals surface area contributed by atoms with Gasteiger partial charge in [-0.05, 0) is 41.8 Å². The maximum atomic E-state index is 12.2. The zero-order chi connectivity index (χ0) is 18.2. The molecule has 0 saturated heterocycles. The molecule has 5 nitrogen and oxygen atoms in total. The van der Waals surface area contributed by atoms with E-state index in [1.54, 1.807) is 7.11 Å². The van der Waals surface area contributed by atoms with Crippen molar-refractivity contribution in [1.29, 1.82) is 0 Å². The van der Waals surface area contributed by atoms with E-state index in [2.05, 4.69) is 12.2 Å². The van der Waals surface area contributed by atoms with Gasteiger partial charge in [0.2, 0.25) is 11.8 Å². The standard InChI is InChI=1S/C20H24N2O3/c1-4-16-5-9-18(10-6-16)22(15(2)23)14-20(24)21-13-17-7-11-19(25-3)12-8-17/h5-12H,4,13-14H2,1-3H3,(H,21,24). The molecule has 25 heavy (non-hydrogen) atoms. The van der Waals surface area contributed by atoms with Gasteiger partial charge in [0.25, 0.3) is 0 Å². The topological polar surface area (TPSA) is 58.6 Å². The minimum absolute atomic E-state index is 0.00302. The van der Waals surface area contributed by atoms with E-state index in [1.165, 1.54) is 17.4 Å². The van der Waals surface area contributed by atoms with Gasteiger partial charge in [-0.25, -0.2) is 0 Å². The Labute approximate surface area is 148 Å². The van der Waals surface area contributed by atoms with Gasteiger partial charge in [-0.15, -0.1) is 0 Å². The summed E-state index contributed by atoms with van der Waals surface area (Å²) in [5, 5.41) is 2.84. The Kier molecular flexibility index (Phi) is 6.57. The van der Waals surface area contributed by atoms with Crippen LogP contribution < -0.4 is 15.0 Å². The van der Waals surface area contributed by atoms with Crippen molar-refractivity contribution in [3.8, 4) is 5.75 Å². The summed E-state index contributed by atoms with van der Waals surface area (Å²) in [6.45, 7) is 3.94. The van der Waals surface area contributed by atoms with E-state index in [4.69, 9.17) is 4.74 Å². The van der Waals surface area contributed by atoms with E-state index in [1.807, 2.05) is 48.5 Å². The SMILES string of the molecule is CCc1ccc(N(CC(=O)NCc2ccc(OC)cc2)C(C)=O)cc1. The maximum absolute atomic E-state index is 12.2. The van der Waals surface area contributed by atoms with E-state index in [0.29, 0.717) is 6.54 Å². The van der Waals surface area contributed by atoms with Crippen LogP contribution in [0.2, 0.25) is 0 Å². The average Bonchev–Trinajstić information content (AvgIpc) is 2.64. The Hall–Kier alpha value is -2.82. The molecule has 0 aromatic heterocycles. The van der Waals surface area contributed by atoms with Crippen molar-refractivity contribution in [2.45, 2.75) is 26.8 Å². The van der Waals surface area contributed by atoms with E-state index >= 15 is 0 Å². The molecule has 0 saturated carbocycles. The minimum atomic E-state index is -0.203. The monoisotopic (exact) mass is 340 g/mol. The van der Waals surface area contributed by atoms with Gasteiger partial charge in [0.15, 0.2) is 0 Å². The van der Waals surface area contributed by atoms with Crippen LogP contribution in [0.3, 0.4) is 0 Å². The highest BCUT2D eigenvalue weighted by Gasteiger charge is 2.15. The van der Waals surface area contributed by atoms with Crippen molar-refractivity contribution in [2.24, 2.45) is 0 Å². The zero-order valence-electron chi connectivity index (χ0n) is 14.9. The number of carbonyl (C=O) groups excluding carboxylic acids is 2. The first-order valence-electron chi connectivity index (χ1n) is 8.30. The first-order valence-corrected chi connectivity index (χ1v) is 8.30. The highest BCUT2D eigenvalue weighted by Crippen LogP contribution is 2.16. The van der Waals surface area contributed by atoms with Crippen molar-refractivity contribution in [3.05, 3.63) is 59.7 Å². The Balaban J connectivity index is 1.95. The molecule has 132 valence electrons. The van der Waals surface area contributed by atoms with Crippen molar-refractivity contribution in [2.75, 3.05) is 18.6 Å². The van der Waals surface area contributed by atoms with Crippen LogP contribution in [0.15, 0.2) is 48.5 Å². The molecule has 0 aliphatic heterocycles. The number of nitrogens with one attached hydrogen (secondary N) is 1. The molecule has 0 heterocycles. The molecule has 1 N–H and O–H groups in total. The van der Waals surface area contributed by atoms with Gasteiger partial charge < -0.3 is 15.0 Å². The molecule has 2 rings (SSSR count). The lowest BCUT2D eigenvalue weighted by atomic mass is 10.1. The number of methoxy groups -OCH3 is 1. The van der Waals surface area contributed by atoms with Crippen LogP contribution in [0.5, 0.6) is 5.75 Å². The molecule has 2 aromatic carbocycles. The smallest absolute Gasteiger partial charge is 0.240 e. The number of hydrogen-bond donors (Lipinski definition) is 1. The second-order valence-electron chi connectivity index (χ2n) is 5.75. The molecular formula is C20H24N2O3. The fourth-order valence-corrected chi connectivity index (χ4v) is 2.44. The van der Waals surface area contributed by atoms with Crippen LogP contribution in [0.25, 0.3) is 0 Å². The summed E-state index contributed by atoms with van der Waals surface area (Å²) in [7, 11) is 1.61. The minimum Gasteiger partial charge on any atom is -0.497 e. The van der Waals surface area contributed by atoms with Gasteiger partial charge in [-0.2, -0.15) is 0 Å². The lowest BCUT2D eigenvalue weighted by Gasteiger charge is -2.21. The molecule has 0 aliphatic carbocycles. The molecule has 0 atom stereocenters. The third-order valence-corrected chi connectivity index (χ3v) is 3.99. The highest BCUT2D eigenvalue weighted by molar-refractivity contribution is 5.97. The van der Waals surface area contributed by atoms with Gasteiger partial charge in [-0.1, -0.05) is 31.2 Å². The molecule has 0 bridgehead atoms. The quantitative estimate of drug-likeness (QED) is 0.843. The fourth-order valence-electron chi connectivity index (χ4n) is 2.44. The van der Waals surface area contributed by atoms with Gasteiger partial charge in [0.05, 0.1) is 7.11 Å². The molecule has 0 unspecified atom stereocenters. The highest BCUT2D eigenvalue weighted by atomic mass is 16.5. The number of carbonyl (C=O) groups is 2. The molecule has 2 amide bonds. The van der Waals surface area contributed by atoms with Gasteiger partial charge in [0.1, 0.15) is 12.3 Å². The third-order valence-electron chi connectivity index (χ3n) is 3.99. The number of rotatable bonds is 7. The number of anilines is 1. The van der Waals surface area contributed by atoms with E-state index in [9.17, 15) is 9.59 Å². The van der Waals surface area contributed by atoms with E-state index < -0.39 is 0 Å². The van der Waals surface area contributed by atoms with Crippen molar-refractivity contribution in [3.63, 3.8) is 0 Å². The lowest BCUT2D eigenvalue weighted by Crippen LogP contribution is -2.39. The van der Waals surface area contributed by atoms with Gasteiger partial charge in [-0.3, -0.25) is 9.59 Å². The number of benzene rings is 2. The number of hydrogen-bond acceptors (Lipinski definition) is 3. The number of amides is 2. The van der Waals surface area contributed by atoms with E-state index in [0.717, 1.165) is 23.4 Å². The van der Waals surface area contributed by atoms with Crippen LogP contribution in [0.4, 0.5) is 5.69 Å². The lowest BCUT2D eigenvalue weighted by molar-refractivity contribution is -0.123. The average molecular weight is 340 g/mol. The number of nitrogens with zero attached hydrogens (tertiary/aromatic N) is 1. The van der Waals surface area contributed by atoms with Crippen LogP contribution in [0.1, 0.15) is 25.0 Å². The Morgan fingerprint density at radius 1 is 1.00 bits per heavy atom. The van der Waals surface area contributed by atoms with Crippen molar-refractivity contribution in [1.82, 2.24) is 5.32 Å². The Morgan fingerprint density at radius 3 is 2.12 bits per heavy atom. The third kappa shape index (κ3) is 5.35. The second-order valence-corrected chi connectivity index (χ2v) is 5.75. The van der Waals surface area contributed by atoms with E-state index in [-0.39, 0.29) is 18.4 Å².